The van der Waals surface area contributed by atoms with Gasteiger partial charge in [0.05, 0.1) is 12.5 Å². The Balaban J connectivity index is 1.56. The van der Waals surface area contributed by atoms with Crippen LogP contribution in [0.3, 0.4) is 0 Å². The van der Waals surface area contributed by atoms with Crippen molar-refractivity contribution in [2.24, 2.45) is 5.73 Å². The van der Waals surface area contributed by atoms with Gasteiger partial charge in [-0.3, -0.25) is 25.1 Å². The van der Waals surface area contributed by atoms with Crippen molar-refractivity contribution in [3.63, 3.8) is 0 Å². The summed E-state index contributed by atoms with van der Waals surface area (Å²) in [5.41, 5.74) is 7.27. The van der Waals surface area contributed by atoms with Crippen LogP contribution in [0.4, 0.5) is 4.39 Å². The highest BCUT2D eigenvalue weighted by molar-refractivity contribution is 5.91. The lowest BCUT2D eigenvalue weighted by Gasteiger charge is -2.34. The molecule has 3 amide bonds. The van der Waals surface area contributed by atoms with E-state index in [9.17, 15) is 18.8 Å². The van der Waals surface area contributed by atoms with Crippen LogP contribution in [0.25, 0.3) is 10.8 Å². The summed E-state index contributed by atoms with van der Waals surface area (Å²) in [5.74, 6) is -1.42. The molecule has 1 unspecified atom stereocenters. The van der Waals surface area contributed by atoms with Gasteiger partial charge in [0.15, 0.2) is 5.96 Å². The molecule has 1 aliphatic heterocycles. The molecule has 43 heavy (non-hydrogen) atoms. The number of benzene rings is 3. The van der Waals surface area contributed by atoms with Crippen molar-refractivity contribution < 1.29 is 18.8 Å². The number of amides is 3. The lowest BCUT2D eigenvalue weighted by Crippen LogP contribution is -2.61. The highest BCUT2D eigenvalue weighted by Crippen LogP contribution is 2.21. The molecular weight excluding hydrogens is 549 g/mol. The van der Waals surface area contributed by atoms with E-state index in [0.29, 0.717) is 24.8 Å². The van der Waals surface area contributed by atoms with Crippen molar-refractivity contribution in [1.29, 1.82) is 5.41 Å². The minimum Gasteiger partial charge on any atom is -0.370 e. The molecule has 228 valence electrons. The van der Waals surface area contributed by atoms with Crippen LogP contribution in [0.5, 0.6) is 0 Å². The van der Waals surface area contributed by atoms with E-state index < -0.39 is 18.1 Å². The standard InChI is InChI=1S/C32H40FN7O3/c1-3-26(39-32(34)35)29-31(43)40(15-14-25(38-29)19-37-28(41)18-20-9-12-24(33)13-10-20)27(30(42)36-2)17-21-8-11-22-6-4-5-7-23(22)16-21/h4-13,16,25-27,29,38H,3,14-15,17-19H2,1-2H3,(H,36,42)(H,37,41)(H4,34,35,39)/t25-,26?,27+,29+/m1/s1. The van der Waals surface area contributed by atoms with E-state index in [4.69, 9.17) is 11.1 Å². The molecule has 0 bridgehead atoms. The number of guanidine groups is 1. The predicted molar refractivity (Wildman–Crippen MR) is 165 cm³/mol. The third kappa shape index (κ3) is 8.29. The Morgan fingerprint density at radius 1 is 1.09 bits per heavy atom. The zero-order valence-corrected chi connectivity index (χ0v) is 24.5. The van der Waals surface area contributed by atoms with Crippen molar-refractivity contribution >= 4 is 34.5 Å². The zero-order valence-electron chi connectivity index (χ0n) is 24.5. The summed E-state index contributed by atoms with van der Waals surface area (Å²) in [5, 5.41) is 21.8. The van der Waals surface area contributed by atoms with Crippen LogP contribution >= 0.6 is 0 Å². The van der Waals surface area contributed by atoms with Crippen LogP contribution in [-0.4, -0.2) is 72.9 Å². The van der Waals surface area contributed by atoms with Gasteiger partial charge < -0.3 is 26.6 Å². The Morgan fingerprint density at radius 2 is 1.79 bits per heavy atom. The average molecular weight is 590 g/mol. The Morgan fingerprint density at radius 3 is 2.47 bits per heavy atom. The first-order valence-corrected chi connectivity index (χ1v) is 14.6. The van der Waals surface area contributed by atoms with Gasteiger partial charge in [0, 0.05) is 32.6 Å². The number of likely N-dealkylation sites (N-methyl/N-ethyl adjacent to an activating group) is 1. The number of hydrogen-bond acceptors (Lipinski definition) is 5. The second kappa shape index (κ2) is 14.6. The molecule has 0 spiro atoms. The van der Waals surface area contributed by atoms with E-state index in [1.807, 2.05) is 49.4 Å². The summed E-state index contributed by atoms with van der Waals surface area (Å²) in [4.78, 5) is 41.7. The molecule has 7 N–H and O–H groups in total. The number of nitrogens with one attached hydrogen (secondary N) is 5. The number of nitrogens with zero attached hydrogens (tertiary/aromatic N) is 1. The maximum Gasteiger partial charge on any atom is 0.242 e. The predicted octanol–water partition coefficient (Wildman–Crippen LogP) is 1.82. The molecule has 0 aliphatic carbocycles. The van der Waals surface area contributed by atoms with E-state index >= 15 is 0 Å². The van der Waals surface area contributed by atoms with Gasteiger partial charge in [-0.2, -0.15) is 0 Å². The monoisotopic (exact) mass is 589 g/mol. The number of carbonyl (C=O) groups is 3. The van der Waals surface area contributed by atoms with Gasteiger partial charge in [-0.25, -0.2) is 4.39 Å². The van der Waals surface area contributed by atoms with E-state index in [0.717, 1.165) is 16.3 Å². The zero-order chi connectivity index (χ0) is 30.9. The molecule has 1 aliphatic rings. The molecule has 1 fully saturated rings. The third-order valence-electron chi connectivity index (χ3n) is 7.86. The summed E-state index contributed by atoms with van der Waals surface area (Å²) in [6.07, 6.45) is 1.37. The van der Waals surface area contributed by atoms with E-state index in [1.165, 1.54) is 12.1 Å². The summed E-state index contributed by atoms with van der Waals surface area (Å²) in [7, 11) is 1.55. The van der Waals surface area contributed by atoms with Crippen molar-refractivity contribution in [1.82, 2.24) is 26.2 Å². The second-order valence-corrected chi connectivity index (χ2v) is 10.9. The largest absolute Gasteiger partial charge is 0.370 e. The lowest BCUT2D eigenvalue weighted by atomic mass is 9.98. The molecular formula is C32H40FN7O3. The lowest BCUT2D eigenvalue weighted by molar-refractivity contribution is -0.141. The Kier molecular flexibility index (Phi) is 10.7. The molecule has 11 heteroatoms. The van der Waals surface area contributed by atoms with E-state index in [2.05, 4.69) is 21.3 Å². The molecule has 0 radical (unpaired) electrons. The molecule has 4 atom stereocenters. The smallest absolute Gasteiger partial charge is 0.242 e. The second-order valence-electron chi connectivity index (χ2n) is 10.9. The summed E-state index contributed by atoms with van der Waals surface area (Å²) < 4.78 is 13.2. The number of nitrogens with two attached hydrogens (primary N) is 1. The van der Waals surface area contributed by atoms with Crippen LogP contribution < -0.4 is 27.0 Å². The Labute approximate surface area is 251 Å². The van der Waals surface area contributed by atoms with Gasteiger partial charge in [0.1, 0.15) is 17.9 Å². The van der Waals surface area contributed by atoms with Gasteiger partial charge in [0.25, 0.3) is 0 Å². The van der Waals surface area contributed by atoms with Crippen molar-refractivity contribution in [2.75, 3.05) is 20.1 Å². The number of halogens is 1. The molecule has 1 saturated heterocycles. The van der Waals surface area contributed by atoms with Gasteiger partial charge in [-0.15, -0.1) is 0 Å². The minimum absolute atomic E-state index is 0.0927. The molecule has 4 rings (SSSR count). The first-order valence-electron chi connectivity index (χ1n) is 14.6. The first-order chi connectivity index (χ1) is 20.7. The summed E-state index contributed by atoms with van der Waals surface area (Å²) >= 11 is 0. The fourth-order valence-electron chi connectivity index (χ4n) is 5.56. The fourth-order valence-corrected chi connectivity index (χ4v) is 5.56. The van der Waals surface area contributed by atoms with Crippen LogP contribution in [-0.2, 0) is 27.2 Å². The minimum atomic E-state index is -0.806. The van der Waals surface area contributed by atoms with Gasteiger partial charge in [-0.1, -0.05) is 61.5 Å². The number of fused-ring (bicyclic) bond motifs is 1. The highest BCUT2D eigenvalue weighted by atomic mass is 19.1. The maximum atomic E-state index is 14.2. The molecule has 3 aromatic carbocycles. The van der Waals surface area contributed by atoms with Gasteiger partial charge in [-0.05, 0) is 46.9 Å². The van der Waals surface area contributed by atoms with Gasteiger partial charge >= 0.3 is 0 Å². The molecule has 0 aromatic heterocycles. The summed E-state index contributed by atoms with van der Waals surface area (Å²) in [6, 6.07) is 17.4. The Hall–Kier alpha value is -4.51. The first kappa shape index (κ1) is 31.4. The van der Waals surface area contributed by atoms with Crippen LogP contribution in [0.15, 0.2) is 66.7 Å². The average Bonchev–Trinajstić information content (AvgIpc) is 3.16. The van der Waals surface area contributed by atoms with Crippen LogP contribution in [0.1, 0.15) is 30.9 Å². The van der Waals surface area contributed by atoms with Gasteiger partial charge in [0.2, 0.25) is 17.7 Å². The normalized spacial score (nSPS) is 18.4. The number of hydrogen-bond donors (Lipinski definition) is 6. The molecule has 0 saturated carbocycles. The number of carbonyl (C=O) groups excluding carboxylic acids is 3. The van der Waals surface area contributed by atoms with E-state index in [-0.39, 0.29) is 55.1 Å². The molecule has 10 nitrogen and oxygen atoms in total. The van der Waals surface area contributed by atoms with Crippen LogP contribution in [0, 0.1) is 11.2 Å². The topological polar surface area (TPSA) is 152 Å². The SMILES string of the molecule is CCC(NC(=N)N)[C@@H]1N[C@@H](CNC(=O)Cc2ccc(F)cc2)CCN([C@@H](Cc2ccc3ccccc3c2)C(=O)NC)C1=O. The molecule has 3 aromatic rings. The van der Waals surface area contributed by atoms with Crippen LogP contribution in [0.2, 0.25) is 0 Å². The highest BCUT2D eigenvalue weighted by Gasteiger charge is 2.40. The Bertz CT molecular complexity index is 1450. The van der Waals surface area contributed by atoms with Crippen molar-refractivity contribution in [3.05, 3.63) is 83.7 Å². The van der Waals surface area contributed by atoms with Crippen molar-refractivity contribution in [2.45, 2.75) is 56.8 Å². The quantitative estimate of drug-likeness (QED) is 0.148. The molecule has 1 heterocycles. The summed E-state index contributed by atoms with van der Waals surface area (Å²) in [6.45, 7) is 2.40. The van der Waals surface area contributed by atoms with Crippen molar-refractivity contribution in [3.8, 4) is 0 Å². The third-order valence-corrected chi connectivity index (χ3v) is 7.86. The van der Waals surface area contributed by atoms with E-state index in [1.54, 1.807) is 24.1 Å². The maximum absolute atomic E-state index is 14.2. The number of rotatable bonds is 11. The fraction of sp³-hybridized carbons (Fsp3) is 0.375.